The molecule has 9 nitrogen and oxygen atoms in total. The molecule has 0 saturated heterocycles. The highest BCUT2D eigenvalue weighted by Crippen LogP contribution is 2.06. The van der Waals surface area contributed by atoms with Gasteiger partial charge < -0.3 is 24.8 Å². The highest BCUT2D eigenvalue weighted by molar-refractivity contribution is 5.90. The monoisotopic (exact) mass is 418 g/mol. The fourth-order valence-electron chi connectivity index (χ4n) is 1.97. The SMILES string of the molecule is C.COCCOCCCCC(=O)CNC(=O)CCC(=O)CNC(=O)OC(C)(C)C. The first-order valence-corrected chi connectivity index (χ1v) is 9.47. The van der Waals surface area contributed by atoms with Crippen LogP contribution in [0.15, 0.2) is 0 Å². The molecule has 0 saturated carbocycles. The van der Waals surface area contributed by atoms with Crippen molar-refractivity contribution >= 4 is 23.6 Å². The lowest BCUT2D eigenvalue weighted by Gasteiger charge is -2.19. The number of rotatable bonds is 15. The van der Waals surface area contributed by atoms with E-state index < -0.39 is 11.7 Å². The Morgan fingerprint density at radius 1 is 0.793 bits per heavy atom. The zero-order chi connectivity index (χ0) is 21.4. The molecular formula is C20H38N2O7. The first-order valence-electron chi connectivity index (χ1n) is 9.47. The predicted octanol–water partition coefficient (Wildman–Crippen LogP) is 2.02. The Balaban J connectivity index is 0. The van der Waals surface area contributed by atoms with Crippen molar-refractivity contribution in [2.75, 3.05) is 40.0 Å². The van der Waals surface area contributed by atoms with Gasteiger partial charge in [0.15, 0.2) is 11.6 Å². The molecule has 0 aromatic heterocycles. The van der Waals surface area contributed by atoms with Crippen LogP contribution in [0.4, 0.5) is 4.79 Å². The molecule has 0 unspecified atom stereocenters. The number of Topliss-reactive ketones (excluding diaryl/α,β-unsaturated/α-hetero) is 2. The molecule has 0 radical (unpaired) electrons. The minimum Gasteiger partial charge on any atom is -0.444 e. The van der Waals surface area contributed by atoms with Gasteiger partial charge in [-0.05, 0) is 33.6 Å². The fourth-order valence-corrected chi connectivity index (χ4v) is 1.97. The largest absolute Gasteiger partial charge is 0.444 e. The smallest absolute Gasteiger partial charge is 0.408 e. The number of methoxy groups -OCH3 is 1. The molecule has 0 aromatic rings. The first kappa shape index (κ1) is 29.2. The summed E-state index contributed by atoms with van der Waals surface area (Å²) in [5.74, 6) is -0.731. The van der Waals surface area contributed by atoms with E-state index >= 15 is 0 Å². The number of nitrogens with one attached hydrogen (secondary N) is 2. The molecule has 0 aliphatic carbocycles. The Kier molecular flexibility index (Phi) is 17.0. The number of alkyl carbamates (subject to hydrolysis) is 1. The number of hydrogen-bond donors (Lipinski definition) is 2. The quantitative estimate of drug-likeness (QED) is 0.390. The van der Waals surface area contributed by atoms with Gasteiger partial charge in [-0.15, -0.1) is 0 Å². The van der Waals surface area contributed by atoms with Crippen LogP contribution >= 0.6 is 0 Å². The molecule has 9 heteroatoms. The topological polar surface area (TPSA) is 120 Å². The number of ether oxygens (including phenoxy) is 3. The Morgan fingerprint density at radius 3 is 2.03 bits per heavy atom. The number of ketones is 2. The summed E-state index contributed by atoms with van der Waals surface area (Å²) < 4.78 is 15.2. The van der Waals surface area contributed by atoms with Crippen molar-refractivity contribution in [1.82, 2.24) is 10.6 Å². The van der Waals surface area contributed by atoms with Crippen LogP contribution in [0.1, 0.15) is 60.3 Å². The lowest BCUT2D eigenvalue weighted by atomic mass is 10.1. The summed E-state index contributed by atoms with van der Waals surface area (Å²) >= 11 is 0. The molecule has 0 aliphatic rings. The number of unbranched alkanes of at least 4 members (excludes halogenated alkanes) is 1. The van der Waals surface area contributed by atoms with Crippen LogP contribution in [-0.2, 0) is 28.6 Å². The van der Waals surface area contributed by atoms with E-state index in [9.17, 15) is 19.2 Å². The van der Waals surface area contributed by atoms with Crippen molar-refractivity contribution < 1.29 is 33.4 Å². The lowest BCUT2D eigenvalue weighted by Crippen LogP contribution is -2.36. The first-order chi connectivity index (χ1) is 13.1. The third-order valence-electron chi connectivity index (χ3n) is 3.37. The summed E-state index contributed by atoms with van der Waals surface area (Å²) in [7, 11) is 1.60. The van der Waals surface area contributed by atoms with E-state index in [0.29, 0.717) is 32.7 Å². The maximum absolute atomic E-state index is 11.7. The molecular weight excluding hydrogens is 380 g/mol. The number of hydrogen-bond acceptors (Lipinski definition) is 7. The van der Waals surface area contributed by atoms with E-state index in [1.54, 1.807) is 27.9 Å². The van der Waals surface area contributed by atoms with Gasteiger partial charge in [0, 0.05) is 33.0 Å². The van der Waals surface area contributed by atoms with Gasteiger partial charge in [-0.2, -0.15) is 0 Å². The van der Waals surface area contributed by atoms with E-state index in [1.165, 1.54) is 0 Å². The van der Waals surface area contributed by atoms with Crippen molar-refractivity contribution in [3.63, 3.8) is 0 Å². The van der Waals surface area contributed by atoms with Crippen LogP contribution in [0.2, 0.25) is 0 Å². The average molecular weight is 419 g/mol. The summed E-state index contributed by atoms with van der Waals surface area (Å²) in [5, 5.41) is 4.85. The maximum Gasteiger partial charge on any atom is 0.408 e. The fraction of sp³-hybridized carbons (Fsp3) is 0.800. The van der Waals surface area contributed by atoms with Gasteiger partial charge in [0.05, 0.1) is 26.3 Å². The highest BCUT2D eigenvalue weighted by Gasteiger charge is 2.17. The molecule has 2 N–H and O–H groups in total. The molecule has 0 bridgehead atoms. The summed E-state index contributed by atoms with van der Waals surface area (Å²) in [5.41, 5.74) is -0.642. The van der Waals surface area contributed by atoms with Gasteiger partial charge in [-0.25, -0.2) is 4.79 Å². The lowest BCUT2D eigenvalue weighted by molar-refractivity contribution is -0.127. The van der Waals surface area contributed by atoms with E-state index in [-0.39, 0.29) is 50.8 Å². The van der Waals surface area contributed by atoms with E-state index in [4.69, 9.17) is 14.2 Å². The van der Waals surface area contributed by atoms with Crippen molar-refractivity contribution in [1.29, 1.82) is 0 Å². The van der Waals surface area contributed by atoms with Gasteiger partial charge >= 0.3 is 6.09 Å². The molecule has 170 valence electrons. The van der Waals surface area contributed by atoms with Gasteiger partial charge in [-0.3, -0.25) is 14.4 Å². The third-order valence-corrected chi connectivity index (χ3v) is 3.37. The summed E-state index contributed by atoms with van der Waals surface area (Å²) in [4.78, 5) is 46.5. The Hall–Kier alpha value is -2.00. The van der Waals surface area contributed by atoms with Crippen LogP contribution in [0.3, 0.4) is 0 Å². The maximum atomic E-state index is 11.7. The van der Waals surface area contributed by atoms with Crippen molar-refractivity contribution in [2.45, 2.75) is 65.9 Å². The van der Waals surface area contributed by atoms with Gasteiger partial charge in [-0.1, -0.05) is 7.43 Å². The number of carbonyl (C=O) groups excluding carboxylic acids is 4. The molecule has 0 spiro atoms. The van der Waals surface area contributed by atoms with Crippen LogP contribution < -0.4 is 10.6 Å². The Morgan fingerprint density at radius 2 is 1.41 bits per heavy atom. The van der Waals surface area contributed by atoms with E-state index in [2.05, 4.69) is 10.6 Å². The molecule has 0 rings (SSSR count). The minimum absolute atomic E-state index is 0. The summed E-state index contributed by atoms with van der Waals surface area (Å²) in [6, 6.07) is 0. The molecule has 2 amide bonds. The molecule has 0 aromatic carbocycles. The second-order valence-electron chi connectivity index (χ2n) is 7.27. The van der Waals surface area contributed by atoms with Crippen molar-refractivity contribution in [2.24, 2.45) is 0 Å². The standard InChI is InChI=1S/C19H34N2O7.CH4/c1-19(2,3)28-18(25)21-14-16(23)8-9-17(24)20-13-15(22)7-5-6-10-27-12-11-26-4;/h5-14H2,1-4H3,(H,20,24)(H,21,25);1H4. The van der Waals surface area contributed by atoms with Crippen molar-refractivity contribution in [3.8, 4) is 0 Å². The molecule has 0 aliphatic heterocycles. The minimum atomic E-state index is -0.681. The normalized spacial score (nSPS) is 10.6. The number of amides is 2. The molecule has 0 heterocycles. The second-order valence-corrected chi connectivity index (χ2v) is 7.27. The molecule has 0 fully saturated rings. The van der Waals surface area contributed by atoms with Gasteiger partial charge in [0.25, 0.3) is 0 Å². The van der Waals surface area contributed by atoms with Crippen LogP contribution in [0.25, 0.3) is 0 Å². The Labute approximate surface area is 174 Å². The summed E-state index contributed by atoms with van der Waals surface area (Å²) in [6.07, 6.45) is 1.09. The van der Waals surface area contributed by atoms with Crippen LogP contribution in [0.5, 0.6) is 0 Å². The van der Waals surface area contributed by atoms with Crippen LogP contribution in [0, 0.1) is 0 Å². The zero-order valence-corrected chi connectivity index (χ0v) is 17.4. The van der Waals surface area contributed by atoms with E-state index in [0.717, 1.165) is 6.42 Å². The highest BCUT2D eigenvalue weighted by atomic mass is 16.6. The average Bonchev–Trinajstić information content (AvgIpc) is 2.60. The third kappa shape index (κ3) is 20.5. The molecule has 0 atom stereocenters. The van der Waals surface area contributed by atoms with Crippen LogP contribution in [-0.4, -0.2) is 69.2 Å². The predicted molar refractivity (Wildman–Crippen MR) is 110 cm³/mol. The van der Waals surface area contributed by atoms with Gasteiger partial charge in [0.1, 0.15) is 5.60 Å². The molecule has 29 heavy (non-hydrogen) atoms. The summed E-state index contributed by atoms with van der Waals surface area (Å²) in [6.45, 7) is 6.56. The van der Waals surface area contributed by atoms with Gasteiger partial charge in [0.2, 0.25) is 5.91 Å². The second kappa shape index (κ2) is 16.9. The Bertz CT molecular complexity index is 502. The zero-order valence-electron chi connectivity index (χ0n) is 17.4. The van der Waals surface area contributed by atoms with Crippen molar-refractivity contribution in [3.05, 3.63) is 0 Å². The number of carbonyl (C=O) groups is 4. The van der Waals surface area contributed by atoms with E-state index in [1.807, 2.05) is 0 Å².